The molecule has 0 unspecified atom stereocenters. The highest BCUT2D eigenvalue weighted by atomic mass is 35.5. The average Bonchev–Trinajstić information content (AvgIpc) is 2.86. The molecule has 11 heteroatoms. The fourth-order valence-corrected chi connectivity index (χ4v) is 6.15. The lowest BCUT2D eigenvalue weighted by Gasteiger charge is -2.34. The minimum Gasteiger partial charge on any atom is -0.352 e. The predicted octanol–water partition coefficient (Wildman–Crippen LogP) is 5.98. The van der Waals surface area contributed by atoms with Crippen LogP contribution in [-0.2, 0) is 26.2 Å². The van der Waals surface area contributed by atoms with Crippen molar-refractivity contribution in [2.75, 3.05) is 17.1 Å². The summed E-state index contributed by atoms with van der Waals surface area (Å²) in [6.45, 7) is 3.09. The van der Waals surface area contributed by atoms with E-state index in [4.69, 9.17) is 34.8 Å². The Labute approximate surface area is 240 Å². The molecule has 3 rings (SSSR count). The van der Waals surface area contributed by atoms with Crippen molar-refractivity contribution in [1.29, 1.82) is 0 Å². The van der Waals surface area contributed by atoms with Crippen molar-refractivity contribution in [3.05, 3.63) is 62.6 Å². The quantitative estimate of drug-likeness (QED) is 0.363. The van der Waals surface area contributed by atoms with E-state index in [2.05, 4.69) is 5.32 Å². The molecule has 1 aliphatic carbocycles. The fraction of sp³-hybridized carbons (Fsp3) is 0.481. The maximum Gasteiger partial charge on any atom is 0.244 e. The third kappa shape index (κ3) is 7.78. The van der Waals surface area contributed by atoms with Gasteiger partial charge in [-0.25, -0.2) is 8.42 Å². The number of amides is 2. The maximum absolute atomic E-state index is 13.9. The molecule has 1 atom stereocenters. The second kappa shape index (κ2) is 13.4. The number of hydrogen-bond donors (Lipinski definition) is 1. The van der Waals surface area contributed by atoms with Crippen molar-refractivity contribution in [2.24, 2.45) is 0 Å². The maximum atomic E-state index is 13.9. The van der Waals surface area contributed by atoms with Gasteiger partial charge in [0.1, 0.15) is 12.6 Å². The Kier molecular flexibility index (Phi) is 10.7. The summed E-state index contributed by atoms with van der Waals surface area (Å²) < 4.78 is 26.7. The summed E-state index contributed by atoms with van der Waals surface area (Å²) in [5.41, 5.74) is 1.51. The summed E-state index contributed by atoms with van der Waals surface area (Å²) in [6, 6.07) is 9.15. The number of sulfonamides is 1. The minimum absolute atomic E-state index is 0.0540. The number of carbonyl (C=O) groups excluding carboxylic acids is 2. The molecule has 2 aromatic rings. The molecule has 2 amide bonds. The molecule has 0 heterocycles. The molecular formula is C27H34Cl3N3O4S. The van der Waals surface area contributed by atoms with Crippen molar-refractivity contribution in [3.63, 3.8) is 0 Å². The first kappa shape index (κ1) is 30.5. The first-order valence-corrected chi connectivity index (χ1v) is 15.7. The Balaban J connectivity index is 1.96. The van der Waals surface area contributed by atoms with Gasteiger partial charge in [-0.2, -0.15) is 0 Å². The molecule has 0 bridgehead atoms. The van der Waals surface area contributed by atoms with Gasteiger partial charge in [0, 0.05) is 17.6 Å². The zero-order chi connectivity index (χ0) is 28.0. The van der Waals surface area contributed by atoms with Gasteiger partial charge in [-0.05, 0) is 61.6 Å². The van der Waals surface area contributed by atoms with Crippen LogP contribution in [0.15, 0.2) is 36.4 Å². The van der Waals surface area contributed by atoms with Gasteiger partial charge in [0.05, 0.1) is 22.0 Å². The van der Waals surface area contributed by atoms with E-state index >= 15 is 0 Å². The topological polar surface area (TPSA) is 86.8 Å². The number of hydrogen-bond acceptors (Lipinski definition) is 4. The molecule has 1 fully saturated rings. The molecule has 2 aromatic carbocycles. The summed E-state index contributed by atoms with van der Waals surface area (Å²) in [7, 11) is -3.86. The highest BCUT2D eigenvalue weighted by Gasteiger charge is 2.33. The molecule has 0 spiro atoms. The van der Waals surface area contributed by atoms with Gasteiger partial charge >= 0.3 is 0 Å². The number of anilines is 1. The van der Waals surface area contributed by atoms with E-state index in [-0.39, 0.29) is 18.5 Å². The molecule has 1 N–H and O–H groups in total. The van der Waals surface area contributed by atoms with Gasteiger partial charge in [-0.15, -0.1) is 0 Å². The van der Waals surface area contributed by atoms with Crippen LogP contribution in [0, 0.1) is 6.92 Å². The zero-order valence-electron chi connectivity index (χ0n) is 21.8. The molecule has 0 radical (unpaired) electrons. The van der Waals surface area contributed by atoms with Crippen LogP contribution in [0.3, 0.4) is 0 Å². The highest BCUT2D eigenvalue weighted by Crippen LogP contribution is 2.29. The van der Waals surface area contributed by atoms with Crippen molar-refractivity contribution >= 4 is 62.3 Å². The van der Waals surface area contributed by atoms with E-state index in [1.165, 1.54) is 4.90 Å². The second-order valence-electron chi connectivity index (χ2n) is 9.69. The van der Waals surface area contributed by atoms with Crippen LogP contribution in [0.5, 0.6) is 0 Å². The average molecular weight is 603 g/mol. The van der Waals surface area contributed by atoms with Crippen LogP contribution < -0.4 is 9.62 Å². The zero-order valence-corrected chi connectivity index (χ0v) is 24.9. The summed E-state index contributed by atoms with van der Waals surface area (Å²) in [4.78, 5) is 28.7. The SMILES string of the molecule is CC[C@H](C(=O)NC1CCCCC1)N(Cc1ccc(Cl)c(Cl)c1)C(=O)CN(c1cccc(Cl)c1C)S(C)(=O)=O. The number of nitrogens with zero attached hydrogens (tertiary/aromatic N) is 2. The smallest absolute Gasteiger partial charge is 0.244 e. The number of carbonyl (C=O) groups is 2. The lowest BCUT2D eigenvalue weighted by Crippen LogP contribution is -2.54. The lowest BCUT2D eigenvalue weighted by atomic mass is 9.95. The van der Waals surface area contributed by atoms with Gasteiger partial charge in [0.15, 0.2) is 0 Å². The molecule has 1 aliphatic rings. The second-order valence-corrected chi connectivity index (χ2v) is 12.8. The Morgan fingerprint density at radius 2 is 1.71 bits per heavy atom. The molecule has 1 saturated carbocycles. The molecule has 0 saturated heterocycles. The third-order valence-corrected chi connectivity index (χ3v) is 9.14. The van der Waals surface area contributed by atoms with Crippen LogP contribution in [0.2, 0.25) is 15.1 Å². The summed E-state index contributed by atoms with van der Waals surface area (Å²) in [5.74, 6) is -0.774. The Morgan fingerprint density at radius 1 is 1.03 bits per heavy atom. The normalized spacial score (nSPS) is 15.1. The van der Waals surface area contributed by atoms with Gasteiger partial charge in [0.25, 0.3) is 0 Å². The predicted molar refractivity (Wildman–Crippen MR) is 154 cm³/mol. The molecule has 38 heavy (non-hydrogen) atoms. The van der Waals surface area contributed by atoms with Crippen molar-refractivity contribution < 1.29 is 18.0 Å². The van der Waals surface area contributed by atoms with Crippen LogP contribution in [-0.4, -0.2) is 50.0 Å². The first-order valence-electron chi connectivity index (χ1n) is 12.7. The number of nitrogens with one attached hydrogen (secondary N) is 1. The van der Waals surface area contributed by atoms with Gasteiger partial charge in [-0.3, -0.25) is 13.9 Å². The molecule has 208 valence electrons. The van der Waals surface area contributed by atoms with Crippen molar-refractivity contribution in [1.82, 2.24) is 10.2 Å². The summed E-state index contributed by atoms with van der Waals surface area (Å²) in [6.07, 6.45) is 6.44. The number of rotatable bonds is 10. The van der Waals surface area contributed by atoms with Gasteiger partial charge in [-0.1, -0.05) is 73.1 Å². The Morgan fingerprint density at radius 3 is 2.32 bits per heavy atom. The fourth-order valence-electron chi connectivity index (χ4n) is 4.76. The van der Waals surface area contributed by atoms with Crippen molar-refractivity contribution in [3.8, 4) is 0 Å². The molecular weight excluding hydrogens is 569 g/mol. The molecule has 0 aliphatic heterocycles. The Hall–Kier alpha value is -2.00. The van der Waals surface area contributed by atoms with Crippen LogP contribution in [0.1, 0.15) is 56.6 Å². The lowest BCUT2D eigenvalue weighted by molar-refractivity contribution is -0.140. The standard InChI is InChI=1S/C27H34Cl3N3O4S/c1-4-24(27(35)31-20-9-6-5-7-10-20)32(16-19-13-14-22(29)23(30)15-19)26(34)17-33(38(3,36)37)25-12-8-11-21(28)18(25)2/h8,11-15,20,24H,4-7,9-10,16-17H2,1-3H3,(H,31,35)/t24-/m1/s1. The van der Waals surface area contributed by atoms with Gasteiger partial charge in [0.2, 0.25) is 21.8 Å². The number of benzene rings is 2. The Bertz CT molecular complexity index is 1270. The summed E-state index contributed by atoms with van der Waals surface area (Å²) in [5, 5.41) is 4.19. The van der Waals surface area contributed by atoms with E-state index in [0.717, 1.165) is 42.7 Å². The van der Waals surface area contributed by atoms with E-state index in [9.17, 15) is 18.0 Å². The summed E-state index contributed by atoms with van der Waals surface area (Å²) >= 11 is 18.6. The third-order valence-electron chi connectivity index (χ3n) is 6.86. The highest BCUT2D eigenvalue weighted by molar-refractivity contribution is 7.92. The van der Waals surface area contributed by atoms with Crippen LogP contribution in [0.4, 0.5) is 5.69 Å². The van der Waals surface area contributed by atoms with Crippen LogP contribution >= 0.6 is 34.8 Å². The first-order chi connectivity index (χ1) is 17.9. The largest absolute Gasteiger partial charge is 0.352 e. The van der Waals surface area contributed by atoms with Crippen LogP contribution in [0.25, 0.3) is 0 Å². The van der Waals surface area contributed by atoms with E-state index < -0.39 is 28.5 Å². The van der Waals surface area contributed by atoms with Gasteiger partial charge < -0.3 is 10.2 Å². The van der Waals surface area contributed by atoms with E-state index in [0.29, 0.717) is 38.3 Å². The van der Waals surface area contributed by atoms with Crippen molar-refractivity contribution in [2.45, 2.75) is 71.0 Å². The number of halogens is 3. The molecule has 7 nitrogen and oxygen atoms in total. The monoisotopic (exact) mass is 601 g/mol. The molecule has 0 aromatic heterocycles. The van der Waals surface area contributed by atoms with E-state index in [1.54, 1.807) is 43.3 Å². The minimum atomic E-state index is -3.86. The van der Waals surface area contributed by atoms with E-state index in [1.807, 2.05) is 6.92 Å².